The van der Waals surface area contributed by atoms with E-state index < -0.39 is 5.97 Å². The van der Waals surface area contributed by atoms with Gasteiger partial charge >= 0.3 is 5.97 Å². The number of anilines is 1. The smallest absolute Gasteiger partial charge is 0.341 e. The van der Waals surface area contributed by atoms with E-state index in [-0.39, 0.29) is 17.6 Å². The van der Waals surface area contributed by atoms with Crippen molar-refractivity contribution in [2.24, 2.45) is 0 Å². The Morgan fingerprint density at radius 1 is 1.10 bits per heavy atom. The van der Waals surface area contributed by atoms with Gasteiger partial charge in [0.15, 0.2) is 5.11 Å². The predicted octanol–water partition coefficient (Wildman–Crippen LogP) is 5.16. The number of ether oxygens (including phenoxy) is 1. The van der Waals surface area contributed by atoms with E-state index in [1.54, 1.807) is 24.3 Å². The van der Waals surface area contributed by atoms with Gasteiger partial charge in [0.25, 0.3) is 5.91 Å². The third-order valence-electron chi connectivity index (χ3n) is 4.50. The predicted molar refractivity (Wildman–Crippen MR) is 131 cm³/mol. The van der Waals surface area contributed by atoms with Gasteiger partial charge in [-0.25, -0.2) is 4.79 Å². The third kappa shape index (κ3) is 5.49. The molecular formula is C22H23N3O3S3. The zero-order chi connectivity index (χ0) is 22.4. The Morgan fingerprint density at radius 2 is 1.84 bits per heavy atom. The second-order valence-corrected chi connectivity index (χ2v) is 9.06. The summed E-state index contributed by atoms with van der Waals surface area (Å²) in [5.41, 5.74) is 8.38. The molecule has 0 unspecified atom stereocenters. The van der Waals surface area contributed by atoms with Crippen molar-refractivity contribution >= 4 is 56.9 Å². The van der Waals surface area contributed by atoms with Crippen molar-refractivity contribution in [2.45, 2.75) is 27.2 Å². The normalized spacial score (nSPS) is 10.4. The summed E-state index contributed by atoms with van der Waals surface area (Å²) in [7, 11) is 0. The van der Waals surface area contributed by atoms with E-state index in [1.807, 2.05) is 49.6 Å². The van der Waals surface area contributed by atoms with Crippen LogP contribution in [0.15, 0.2) is 41.8 Å². The summed E-state index contributed by atoms with van der Waals surface area (Å²) >= 11 is 8.26. The third-order valence-corrected chi connectivity index (χ3v) is 6.76. The van der Waals surface area contributed by atoms with Gasteiger partial charge in [0.2, 0.25) is 0 Å². The van der Waals surface area contributed by atoms with Crippen molar-refractivity contribution in [3.63, 3.8) is 0 Å². The average molecular weight is 474 g/mol. The molecule has 31 heavy (non-hydrogen) atoms. The lowest BCUT2D eigenvalue weighted by molar-refractivity contribution is 0.0528. The minimum atomic E-state index is -0.434. The monoisotopic (exact) mass is 473 g/mol. The van der Waals surface area contributed by atoms with Crippen LogP contribution in [0.2, 0.25) is 0 Å². The molecule has 2 aromatic heterocycles. The second kappa shape index (κ2) is 10.5. The summed E-state index contributed by atoms with van der Waals surface area (Å²) in [5, 5.41) is 5.56. The van der Waals surface area contributed by atoms with Crippen LogP contribution in [0.5, 0.6) is 0 Å². The van der Waals surface area contributed by atoms with E-state index in [0.29, 0.717) is 16.1 Å². The van der Waals surface area contributed by atoms with Crippen LogP contribution in [0.3, 0.4) is 0 Å². The Labute approximate surface area is 194 Å². The van der Waals surface area contributed by atoms with E-state index >= 15 is 0 Å². The minimum absolute atomic E-state index is 0.172. The van der Waals surface area contributed by atoms with Crippen LogP contribution in [-0.4, -0.2) is 23.6 Å². The molecule has 0 fully saturated rings. The molecule has 0 saturated heterocycles. The van der Waals surface area contributed by atoms with E-state index in [2.05, 4.69) is 16.2 Å². The number of hydrogen-bond acceptors (Lipinski definition) is 6. The highest BCUT2D eigenvalue weighted by atomic mass is 32.1. The summed E-state index contributed by atoms with van der Waals surface area (Å²) in [6.07, 6.45) is 0.779. The van der Waals surface area contributed by atoms with Gasteiger partial charge in [-0.3, -0.25) is 15.6 Å². The van der Waals surface area contributed by atoms with Crippen LogP contribution in [0.25, 0.3) is 10.4 Å². The van der Waals surface area contributed by atoms with E-state index in [4.69, 9.17) is 17.0 Å². The van der Waals surface area contributed by atoms with E-state index in [9.17, 15) is 9.59 Å². The Morgan fingerprint density at radius 3 is 2.52 bits per heavy atom. The van der Waals surface area contributed by atoms with Crippen molar-refractivity contribution in [3.8, 4) is 10.4 Å². The highest BCUT2D eigenvalue weighted by molar-refractivity contribution is 7.80. The molecule has 2 heterocycles. The number of amides is 1. The minimum Gasteiger partial charge on any atom is -0.462 e. The van der Waals surface area contributed by atoms with Gasteiger partial charge in [-0.15, -0.1) is 22.7 Å². The van der Waals surface area contributed by atoms with Crippen molar-refractivity contribution in [1.29, 1.82) is 0 Å². The molecule has 162 valence electrons. The quantitative estimate of drug-likeness (QED) is 0.261. The zero-order valence-corrected chi connectivity index (χ0v) is 19.9. The molecule has 1 amide bonds. The molecule has 3 N–H and O–H groups in total. The first kappa shape index (κ1) is 22.9. The molecule has 9 heteroatoms. The first-order valence-corrected chi connectivity index (χ1v) is 11.9. The van der Waals surface area contributed by atoms with Crippen LogP contribution in [0.1, 0.15) is 45.0 Å². The van der Waals surface area contributed by atoms with Gasteiger partial charge in [0, 0.05) is 15.1 Å². The van der Waals surface area contributed by atoms with Crippen LogP contribution < -0.4 is 16.2 Å². The van der Waals surface area contributed by atoms with Crippen molar-refractivity contribution in [3.05, 3.63) is 63.3 Å². The number of rotatable bonds is 6. The molecule has 0 spiro atoms. The van der Waals surface area contributed by atoms with E-state index in [0.717, 1.165) is 27.3 Å². The summed E-state index contributed by atoms with van der Waals surface area (Å²) in [4.78, 5) is 27.0. The van der Waals surface area contributed by atoms with Gasteiger partial charge in [0.1, 0.15) is 5.00 Å². The molecule has 0 aliphatic heterocycles. The Hall–Kier alpha value is -2.75. The highest BCUT2D eigenvalue weighted by Gasteiger charge is 2.20. The van der Waals surface area contributed by atoms with Gasteiger partial charge < -0.3 is 10.1 Å². The lowest BCUT2D eigenvalue weighted by Crippen LogP contribution is -2.43. The van der Waals surface area contributed by atoms with Gasteiger partial charge in [-0.05, 0) is 49.7 Å². The molecule has 0 atom stereocenters. The summed E-state index contributed by atoms with van der Waals surface area (Å²) in [6.45, 7) is 6.04. The second-order valence-electron chi connectivity index (χ2n) is 6.51. The number of thiophene rings is 2. The van der Waals surface area contributed by atoms with Crippen LogP contribution in [0, 0.1) is 6.92 Å². The largest absolute Gasteiger partial charge is 0.462 e. The first-order chi connectivity index (χ1) is 14.9. The summed E-state index contributed by atoms with van der Waals surface area (Å²) < 4.78 is 5.18. The molecular weight excluding hydrogens is 450 g/mol. The van der Waals surface area contributed by atoms with Crippen LogP contribution in [-0.2, 0) is 11.2 Å². The Bertz CT molecular complexity index is 1090. The number of hydrazine groups is 1. The molecule has 0 aliphatic rings. The highest BCUT2D eigenvalue weighted by Crippen LogP contribution is 2.35. The Kier molecular flexibility index (Phi) is 7.78. The van der Waals surface area contributed by atoms with Crippen LogP contribution in [0.4, 0.5) is 5.00 Å². The van der Waals surface area contributed by atoms with Crippen molar-refractivity contribution < 1.29 is 14.3 Å². The van der Waals surface area contributed by atoms with Gasteiger partial charge in [-0.2, -0.15) is 0 Å². The lowest BCUT2D eigenvalue weighted by atomic mass is 10.1. The van der Waals surface area contributed by atoms with Crippen molar-refractivity contribution in [2.75, 3.05) is 11.9 Å². The number of esters is 1. The van der Waals surface area contributed by atoms with Gasteiger partial charge in [0.05, 0.1) is 17.7 Å². The number of aryl methyl sites for hydroxylation is 1. The molecule has 0 radical (unpaired) electrons. The topological polar surface area (TPSA) is 79.5 Å². The summed E-state index contributed by atoms with van der Waals surface area (Å²) in [6, 6.07) is 11.5. The van der Waals surface area contributed by atoms with Crippen molar-refractivity contribution in [1.82, 2.24) is 10.9 Å². The number of benzene rings is 1. The summed E-state index contributed by atoms with van der Waals surface area (Å²) in [5.74, 6) is -0.691. The molecule has 1 aromatic carbocycles. The molecule has 3 rings (SSSR count). The number of nitrogens with one attached hydrogen (secondary N) is 3. The maximum Gasteiger partial charge on any atom is 0.341 e. The number of carbonyl (C=O) groups excluding carboxylic acids is 2. The first-order valence-electron chi connectivity index (χ1n) is 9.75. The van der Waals surface area contributed by atoms with E-state index in [1.165, 1.54) is 11.3 Å². The number of thiocarbonyl (C=S) groups is 1. The standard InChI is InChI=1S/C22H23N3O3S3/c1-4-15-13(3)30-12-17(15)19(26)24-25-22(29)23-20-16(21(27)28-5-2)11-18(31-20)14-9-7-6-8-10-14/h6-12H,4-5H2,1-3H3,(H,24,26)(H2,23,25,29). The number of hydrogen-bond donors (Lipinski definition) is 3. The average Bonchev–Trinajstić information content (AvgIpc) is 3.36. The molecule has 0 saturated carbocycles. The maximum absolute atomic E-state index is 12.5. The van der Waals surface area contributed by atoms with Crippen LogP contribution >= 0.6 is 34.9 Å². The number of carbonyl (C=O) groups is 2. The molecule has 0 aliphatic carbocycles. The maximum atomic E-state index is 12.5. The fourth-order valence-electron chi connectivity index (χ4n) is 3.01. The Balaban J connectivity index is 1.73. The lowest BCUT2D eigenvalue weighted by Gasteiger charge is -2.12. The SMILES string of the molecule is CCOC(=O)c1cc(-c2ccccc2)sc1NC(=S)NNC(=O)c1csc(C)c1CC. The zero-order valence-electron chi connectivity index (χ0n) is 17.4. The molecule has 6 nitrogen and oxygen atoms in total. The fraction of sp³-hybridized carbons (Fsp3) is 0.227. The van der Waals surface area contributed by atoms with Gasteiger partial charge in [-0.1, -0.05) is 37.3 Å². The fourth-order valence-corrected chi connectivity index (χ4v) is 5.23. The molecule has 0 bridgehead atoms. The molecule has 3 aromatic rings.